The molecule has 0 aromatic heterocycles. The Kier molecular flexibility index (Phi) is 7.23. The fourth-order valence-corrected chi connectivity index (χ4v) is 0.891. The first-order chi connectivity index (χ1) is 7.07. The lowest BCUT2D eigenvalue weighted by atomic mass is 10.2. The number of aliphatic imine (C=N–C) groups is 2. The van der Waals surface area contributed by atoms with Crippen molar-refractivity contribution in [2.24, 2.45) is 9.98 Å². The van der Waals surface area contributed by atoms with E-state index >= 15 is 0 Å². The number of hydrogen-bond acceptors (Lipinski definition) is 3. The lowest BCUT2D eigenvalue weighted by Crippen LogP contribution is -2.26. The van der Waals surface area contributed by atoms with Crippen molar-refractivity contribution in [1.29, 1.82) is 0 Å². The first kappa shape index (κ1) is 13.6. The molecular weight excluding hydrogens is 192 g/mol. The average molecular weight is 212 g/mol. The largest absolute Gasteiger partial charge is 0.346 e. The van der Waals surface area contributed by atoms with Crippen molar-refractivity contribution in [1.82, 2.24) is 10.2 Å². The standard InChI is InChI=1S/C10H20N4O/c1-9(13-8-12-7-11-3)5-6-14(4)10(2)15/h7-9H,5-6H2,1-4H3,(H,11,12,13). The summed E-state index contributed by atoms with van der Waals surface area (Å²) in [5, 5.41) is 2.81. The summed E-state index contributed by atoms with van der Waals surface area (Å²) >= 11 is 0. The minimum atomic E-state index is 0.0856. The van der Waals surface area contributed by atoms with Gasteiger partial charge in [0.15, 0.2) is 0 Å². The van der Waals surface area contributed by atoms with E-state index in [1.807, 2.05) is 6.92 Å². The fourth-order valence-electron chi connectivity index (χ4n) is 0.891. The second kappa shape index (κ2) is 7.96. The predicted molar refractivity (Wildman–Crippen MR) is 63.4 cm³/mol. The van der Waals surface area contributed by atoms with Crippen LogP contribution in [0.5, 0.6) is 0 Å². The number of nitrogens with zero attached hydrogens (tertiary/aromatic N) is 3. The molecule has 0 aliphatic heterocycles. The van der Waals surface area contributed by atoms with Gasteiger partial charge in [0, 0.05) is 27.6 Å². The summed E-state index contributed by atoms with van der Waals surface area (Å²) in [5.74, 6) is 0.0856. The van der Waals surface area contributed by atoms with E-state index in [9.17, 15) is 4.79 Å². The van der Waals surface area contributed by atoms with Crippen LogP contribution in [0.1, 0.15) is 20.3 Å². The van der Waals surface area contributed by atoms with Gasteiger partial charge in [-0.25, -0.2) is 0 Å². The maximum atomic E-state index is 10.9. The Labute approximate surface area is 91.3 Å². The number of nitrogens with one attached hydrogen (secondary N) is 1. The van der Waals surface area contributed by atoms with Gasteiger partial charge >= 0.3 is 0 Å². The van der Waals surface area contributed by atoms with Crippen LogP contribution in [-0.4, -0.2) is 50.2 Å². The highest BCUT2D eigenvalue weighted by molar-refractivity contribution is 5.74. The third-order valence-electron chi connectivity index (χ3n) is 2.03. The monoisotopic (exact) mass is 212 g/mol. The average Bonchev–Trinajstić information content (AvgIpc) is 2.20. The van der Waals surface area contributed by atoms with Gasteiger partial charge < -0.3 is 10.2 Å². The van der Waals surface area contributed by atoms with Crippen molar-refractivity contribution in [3.63, 3.8) is 0 Å². The van der Waals surface area contributed by atoms with Gasteiger partial charge in [0.25, 0.3) is 0 Å². The van der Waals surface area contributed by atoms with Crippen molar-refractivity contribution in [2.45, 2.75) is 26.3 Å². The zero-order chi connectivity index (χ0) is 11.7. The van der Waals surface area contributed by atoms with Crippen molar-refractivity contribution < 1.29 is 4.79 Å². The second-order valence-corrected chi connectivity index (χ2v) is 3.41. The maximum absolute atomic E-state index is 10.9. The number of hydrogen-bond donors (Lipinski definition) is 1. The first-order valence-corrected chi connectivity index (χ1v) is 4.98. The molecule has 0 aromatic rings. The molecule has 1 amide bonds. The Morgan fingerprint density at radius 2 is 2.20 bits per heavy atom. The van der Waals surface area contributed by atoms with Crippen LogP contribution in [0.4, 0.5) is 0 Å². The highest BCUT2D eigenvalue weighted by atomic mass is 16.2. The molecule has 0 rings (SSSR count). The molecule has 1 unspecified atom stereocenters. The summed E-state index contributed by atoms with van der Waals surface area (Å²) in [6.45, 7) is 4.30. The number of carbonyl (C=O) groups is 1. The van der Waals surface area contributed by atoms with E-state index in [1.54, 1.807) is 38.6 Å². The molecule has 1 atom stereocenters. The molecule has 0 saturated carbocycles. The number of rotatable bonds is 6. The molecule has 0 heterocycles. The van der Waals surface area contributed by atoms with Crippen LogP contribution < -0.4 is 5.32 Å². The van der Waals surface area contributed by atoms with Gasteiger partial charge in [0.05, 0.1) is 18.7 Å². The Morgan fingerprint density at radius 1 is 1.53 bits per heavy atom. The van der Waals surface area contributed by atoms with Crippen molar-refractivity contribution >= 4 is 18.6 Å². The van der Waals surface area contributed by atoms with E-state index in [0.29, 0.717) is 0 Å². The zero-order valence-electron chi connectivity index (χ0n) is 9.90. The molecule has 1 N–H and O–H groups in total. The Morgan fingerprint density at radius 3 is 2.73 bits per heavy atom. The normalized spacial score (nSPS) is 13.3. The summed E-state index contributed by atoms with van der Waals surface area (Å²) in [7, 11) is 3.48. The zero-order valence-corrected chi connectivity index (χ0v) is 9.90. The highest BCUT2D eigenvalue weighted by Gasteiger charge is 2.04. The van der Waals surface area contributed by atoms with Crippen LogP contribution >= 0.6 is 0 Å². The Bertz CT molecular complexity index is 238. The van der Waals surface area contributed by atoms with Gasteiger partial charge in [-0.2, -0.15) is 0 Å². The molecule has 5 nitrogen and oxygen atoms in total. The third-order valence-corrected chi connectivity index (χ3v) is 2.03. The number of amides is 1. The predicted octanol–water partition coefficient (Wildman–Crippen LogP) is 0.519. The van der Waals surface area contributed by atoms with Gasteiger partial charge in [-0.05, 0) is 13.3 Å². The van der Waals surface area contributed by atoms with E-state index < -0.39 is 0 Å². The molecule has 0 aliphatic rings. The summed E-state index contributed by atoms with van der Waals surface area (Å²) in [6.07, 6.45) is 4.04. The third kappa shape index (κ3) is 7.66. The molecule has 15 heavy (non-hydrogen) atoms. The number of carbonyl (C=O) groups excluding carboxylic acids is 1. The molecule has 0 aromatic carbocycles. The van der Waals surface area contributed by atoms with Crippen molar-refractivity contribution in [3.05, 3.63) is 0 Å². The van der Waals surface area contributed by atoms with Gasteiger partial charge in [-0.15, -0.1) is 0 Å². The lowest BCUT2D eigenvalue weighted by molar-refractivity contribution is -0.127. The highest BCUT2D eigenvalue weighted by Crippen LogP contribution is 1.97. The minimum absolute atomic E-state index is 0.0856. The molecule has 5 heteroatoms. The quantitative estimate of drug-likeness (QED) is 0.515. The molecule has 86 valence electrons. The molecule has 0 saturated heterocycles. The van der Waals surface area contributed by atoms with Crippen LogP contribution in [0, 0.1) is 0 Å². The summed E-state index contributed by atoms with van der Waals surface area (Å²) < 4.78 is 0. The molecule has 0 fully saturated rings. The molecule has 0 radical (unpaired) electrons. The van der Waals surface area contributed by atoms with Gasteiger partial charge in [-0.3, -0.25) is 14.8 Å². The fraction of sp³-hybridized carbons (Fsp3) is 0.700. The van der Waals surface area contributed by atoms with Crippen LogP contribution in [-0.2, 0) is 4.79 Å². The molecule has 0 spiro atoms. The molecule has 0 bridgehead atoms. The molecule has 0 aliphatic carbocycles. The second-order valence-electron chi connectivity index (χ2n) is 3.41. The van der Waals surface area contributed by atoms with E-state index in [-0.39, 0.29) is 11.9 Å². The van der Waals surface area contributed by atoms with Crippen LogP contribution in [0.3, 0.4) is 0 Å². The molecular formula is C10H20N4O. The Balaban J connectivity index is 3.69. The van der Waals surface area contributed by atoms with Crippen molar-refractivity contribution in [2.75, 3.05) is 20.6 Å². The Hall–Kier alpha value is -1.39. The summed E-state index contributed by atoms with van der Waals surface area (Å²) in [5.41, 5.74) is 0. The van der Waals surface area contributed by atoms with Crippen LogP contribution in [0.2, 0.25) is 0 Å². The van der Waals surface area contributed by atoms with Gasteiger partial charge in [0.2, 0.25) is 5.91 Å². The maximum Gasteiger partial charge on any atom is 0.219 e. The van der Waals surface area contributed by atoms with Crippen molar-refractivity contribution in [3.8, 4) is 0 Å². The van der Waals surface area contributed by atoms with E-state index in [4.69, 9.17) is 0 Å². The van der Waals surface area contributed by atoms with E-state index in [1.165, 1.54) is 0 Å². The van der Waals surface area contributed by atoms with Crippen LogP contribution in [0.25, 0.3) is 0 Å². The van der Waals surface area contributed by atoms with E-state index in [0.717, 1.165) is 13.0 Å². The smallest absolute Gasteiger partial charge is 0.219 e. The SMILES string of the molecule is CN=CNC=NC(C)CCN(C)C(C)=O. The van der Waals surface area contributed by atoms with Gasteiger partial charge in [-0.1, -0.05) is 0 Å². The topological polar surface area (TPSA) is 57.1 Å². The van der Waals surface area contributed by atoms with Gasteiger partial charge in [0.1, 0.15) is 0 Å². The summed E-state index contributed by atoms with van der Waals surface area (Å²) in [6, 6.07) is 0.199. The summed E-state index contributed by atoms with van der Waals surface area (Å²) in [4.78, 5) is 20.6. The van der Waals surface area contributed by atoms with Crippen LogP contribution in [0.15, 0.2) is 9.98 Å². The minimum Gasteiger partial charge on any atom is -0.346 e. The first-order valence-electron chi connectivity index (χ1n) is 4.98. The lowest BCUT2D eigenvalue weighted by Gasteiger charge is -2.15. The van der Waals surface area contributed by atoms with E-state index in [2.05, 4.69) is 15.3 Å².